The Labute approximate surface area is 103 Å². The van der Waals surface area contributed by atoms with Crippen LogP contribution in [-0.2, 0) is 14.3 Å². The third-order valence-electron chi connectivity index (χ3n) is 2.69. The summed E-state index contributed by atoms with van der Waals surface area (Å²) in [6.07, 6.45) is 2.14. The molecule has 0 aliphatic carbocycles. The van der Waals surface area contributed by atoms with E-state index in [9.17, 15) is 4.79 Å². The summed E-state index contributed by atoms with van der Waals surface area (Å²) in [6.45, 7) is 1.69. The maximum absolute atomic E-state index is 11.8. The lowest BCUT2D eigenvalue weighted by Crippen LogP contribution is -2.51. The molecule has 6 heteroatoms. The van der Waals surface area contributed by atoms with Gasteiger partial charge < -0.3 is 20.1 Å². The second-order valence-corrected chi connectivity index (χ2v) is 3.85. The highest BCUT2D eigenvalue weighted by molar-refractivity contribution is 5.85. The van der Waals surface area contributed by atoms with Crippen molar-refractivity contribution in [3.63, 3.8) is 0 Å². The van der Waals surface area contributed by atoms with Gasteiger partial charge >= 0.3 is 0 Å². The Morgan fingerprint density at radius 2 is 2.25 bits per heavy atom. The van der Waals surface area contributed by atoms with Crippen molar-refractivity contribution in [2.24, 2.45) is 5.73 Å². The number of hydrogen-bond donors (Lipinski definition) is 1. The Bertz CT molecular complexity index is 216. The fourth-order valence-corrected chi connectivity index (χ4v) is 1.82. The minimum absolute atomic E-state index is 0. The average Bonchev–Trinajstić information content (AvgIpc) is 2.28. The van der Waals surface area contributed by atoms with Gasteiger partial charge in [-0.05, 0) is 12.8 Å². The van der Waals surface area contributed by atoms with Gasteiger partial charge in [-0.25, -0.2) is 0 Å². The predicted molar refractivity (Wildman–Crippen MR) is 63.7 cm³/mol. The van der Waals surface area contributed by atoms with Gasteiger partial charge in [-0.3, -0.25) is 4.79 Å². The first-order valence-corrected chi connectivity index (χ1v) is 5.25. The van der Waals surface area contributed by atoms with Crippen LogP contribution in [-0.4, -0.2) is 56.9 Å². The number of piperidine rings is 1. The van der Waals surface area contributed by atoms with Crippen molar-refractivity contribution in [2.45, 2.75) is 25.0 Å². The Kier molecular flexibility index (Phi) is 7.66. The summed E-state index contributed by atoms with van der Waals surface area (Å²) in [4.78, 5) is 13.6. The van der Waals surface area contributed by atoms with Crippen LogP contribution in [0, 0.1) is 0 Å². The van der Waals surface area contributed by atoms with Crippen molar-refractivity contribution in [1.82, 2.24) is 4.90 Å². The van der Waals surface area contributed by atoms with E-state index in [1.165, 1.54) is 0 Å². The molecule has 1 saturated heterocycles. The first-order valence-electron chi connectivity index (χ1n) is 5.25. The van der Waals surface area contributed by atoms with Gasteiger partial charge in [-0.2, -0.15) is 0 Å². The van der Waals surface area contributed by atoms with Crippen LogP contribution in [0.5, 0.6) is 0 Å². The summed E-state index contributed by atoms with van der Waals surface area (Å²) < 4.78 is 10.1. The maximum atomic E-state index is 11.8. The normalized spacial score (nSPS) is 22.4. The number of rotatable bonds is 4. The summed E-state index contributed by atoms with van der Waals surface area (Å²) in [7, 11) is 3.22. The van der Waals surface area contributed by atoms with Crippen LogP contribution in [0.15, 0.2) is 0 Å². The van der Waals surface area contributed by atoms with E-state index in [0.717, 1.165) is 19.4 Å². The van der Waals surface area contributed by atoms with Gasteiger partial charge in [-0.15, -0.1) is 12.4 Å². The number of amides is 1. The molecule has 0 aromatic carbocycles. The molecule has 0 radical (unpaired) electrons. The van der Waals surface area contributed by atoms with E-state index in [1.54, 1.807) is 19.1 Å². The van der Waals surface area contributed by atoms with Gasteiger partial charge in [0.05, 0.1) is 12.7 Å². The maximum Gasteiger partial charge on any atom is 0.241 e. The summed E-state index contributed by atoms with van der Waals surface area (Å²) in [5.41, 5.74) is 5.69. The van der Waals surface area contributed by atoms with E-state index in [-0.39, 0.29) is 31.0 Å². The molecule has 0 aromatic heterocycles. The number of ether oxygens (including phenoxy) is 2. The van der Waals surface area contributed by atoms with Crippen LogP contribution in [0.1, 0.15) is 12.8 Å². The van der Waals surface area contributed by atoms with E-state index in [1.807, 2.05) is 0 Å². The molecule has 1 rings (SSSR count). The second-order valence-electron chi connectivity index (χ2n) is 3.85. The zero-order chi connectivity index (χ0) is 11.3. The lowest BCUT2D eigenvalue weighted by atomic mass is 10.1. The molecule has 2 N–H and O–H groups in total. The molecule has 0 saturated carbocycles. The smallest absolute Gasteiger partial charge is 0.241 e. The monoisotopic (exact) mass is 252 g/mol. The van der Waals surface area contributed by atoms with Crippen LogP contribution in [0.3, 0.4) is 0 Å². The van der Waals surface area contributed by atoms with Crippen molar-refractivity contribution in [3.05, 3.63) is 0 Å². The van der Waals surface area contributed by atoms with Crippen LogP contribution >= 0.6 is 12.4 Å². The third kappa shape index (κ3) is 4.25. The quantitative estimate of drug-likeness (QED) is 0.766. The Hall–Kier alpha value is -0.360. The number of methoxy groups -OCH3 is 2. The Morgan fingerprint density at radius 3 is 2.81 bits per heavy atom. The molecule has 1 fully saturated rings. The number of likely N-dealkylation sites (tertiary alicyclic amines) is 1. The van der Waals surface area contributed by atoms with Crippen LogP contribution in [0.2, 0.25) is 0 Å². The van der Waals surface area contributed by atoms with E-state index in [2.05, 4.69) is 0 Å². The third-order valence-corrected chi connectivity index (χ3v) is 2.69. The summed E-state index contributed by atoms with van der Waals surface area (Å²) in [5.74, 6) is -0.0430. The number of carbonyl (C=O) groups excluding carboxylic acids is 1. The summed E-state index contributed by atoms with van der Waals surface area (Å²) in [5, 5.41) is 0. The van der Waals surface area contributed by atoms with Gasteiger partial charge in [-0.1, -0.05) is 0 Å². The van der Waals surface area contributed by atoms with E-state index >= 15 is 0 Å². The topological polar surface area (TPSA) is 64.8 Å². The molecule has 1 heterocycles. The van der Waals surface area contributed by atoms with Crippen molar-refractivity contribution in [1.29, 1.82) is 0 Å². The largest absolute Gasteiger partial charge is 0.383 e. The molecule has 0 spiro atoms. The van der Waals surface area contributed by atoms with Crippen LogP contribution in [0.4, 0.5) is 0 Å². The van der Waals surface area contributed by atoms with Crippen molar-refractivity contribution in [3.8, 4) is 0 Å². The highest BCUT2D eigenvalue weighted by Crippen LogP contribution is 2.13. The highest BCUT2D eigenvalue weighted by atomic mass is 35.5. The molecular formula is C10H21ClN2O3. The summed E-state index contributed by atoms with van der Waals surface area (Å²) >= 11 is 0. The van der Waals surface area contributed by atoms with Crippen molar-refractivity contribution >= 4 is 18.3 Å². The average molecular weight is 253 g/mol. The molecular weight excluding hydrogens is 232 g/mol. The Morgan fingerprint density at radius 1 is 1.56 bits per heavy atom. The van der Waals surface area contributed by atoms with Gasteiger partial charge in [0.25, 0.3) is 0 Å². The number of hydrogen-bond acceptors (Lipinski definition) is 4. The lowest BCUT2D eigenvalue weighted by molar-refractivity contribution is -0.137. The minimum atomic E-state index is -0.550. The van der Waals surface area contributed by atoms with Gasteiger partial charge in [0, 0.05) is 27.3 Å². The molecule has 16 heavy (non-hydrogen) atoms. The molecule has 0 aromatic rings. The fourth-order valence-electron chi connectivity index (χ4n) is 1.82. The number of nitrogens with two attached hydrogens (primary N) is 1. The molecule has 1 aliphatic heterocycles. The fraction of sp³-hybridized carbons (Fsp3) is 0.900. The lowest BCUT2D eigenvalue weighted by Gasteiger charge is -2.33. The first kappa shape index (κ1) is 15.6. The zero-order valence-electron chi connectivity index (χ0n) is 9.85. The zero-order valence-corrected chi connectivity index (χ0v) is 10.7. The van der Waals surface area contributed by atoms with Crippen molar-refractivity contribution < 1.29 is 14.3 Å². The molecule has 5 nitrogen and oxygen atoms in total. The van der Waals surface area contributed by atoms with Gasteiger partial charge in [0.2, 0.25) is 5.91 Å². The standard InChI is InChI=1S/C10H20N2O3.ClH/c1-14-7-9(11)10(13)12-5-3-4-8(6-12)15-2;/h8-9H,3-7,11H2,1-2H3;1H. The molecule has 2 atom stereocenters. The summed E-state index contributed by atoms with van der Waals surface area (Å²) in [6, 6.07) is -0.550. The van der Waals surface area contributed by atoms with Gasteiger partial charge in [0.15, 0.2) is 0 Å². The highest BCUT2D eigenvalue weighted by Gasteiger charge is 2.26. The first-order chi connectivity index (χ1) is 7.19. The molecule has 0 bridgehead atoms. The van der Waals surface area contributed by atoms with Crippen LogP contribution in [0.25, 0.3) is 0 Å². The predicted octanol–water partition coefficient (Wildman–Crippen LogP) is 0.0193. The van der Waals surface area contributed by atoms with E-state index in [4.69, 9.17) is 15.2 Å². The van der Waals surface area contributed by atoms with Crippen molar-refractivity contribution in [2.75, 3.05) is 33.9 Å². The number of nitrogens with zero attached hydrogens (tertiary/aromatic N) is 1. The molecule has 1 aliphatic rings. The van der Waals surface area contributed by atoms with E-state index in [0.29, 0.717) is 6.54 Å². The second kappa shape index (κ2) is 7.84. The molecule has 1 amide bonds. The number of carbonyl (C=O) groups is 1. The Balaban J connectivity index is 0.00000225. The van der Waals surface area contributed by atoms with Crippen LogP contribution < -0.4 is 5.73 Å². The van der Waals surface area contributed by atoms with E-state index < -0.39 is 6.04 Å². The molecule has 96 valence electrons. The number of halogens is 1. The SMILES string of the molecule is COCC(N)C(=O)N1CCCC(OC)C1.Cl. The molecule has 2 unspecified atom stereocenters. The van der Waals surface area contributed by atoms with Gasteiger partial charge in [0.1, 0.15) is 6.04 Å². The minimum Gasteiger partial charge on any atom is -0.383 e.